The summed E-state index contributed by atoms with van der Waals surface area (Å²) in [5.74, 6) is 0.921. The summed E-state index contributed by atoms with van der Waals surface area (Å²) >= 11 is 9.12. The van der Waals surface area contributed by atoms with Crippen LogP contribution in [0.4, 0.5) is 0 Å². The third-order valence-corrected chi connectivity index (χ3v) is 6.18. The lowest BCUT2D eigenvalue weighted by molar-refractivity contribution is 0.242. The molecule has 1 aromatic heterocycles. The molecule has 19 heavy (non-hydrogen) atoms. The van der Waals surface area contributed by atoms with E-state index in [-0.39, 0.29) is 10.9 Å². The van der Waals surface area contributed by atoms with E-state index in [1.165, 1.54) is 19.8 Å². The minimum Gasteiger partial charge on any atom is -0.491 e. The summed E-state index contributed by atoms with van der Waals surface area (Å²) in [6.07, 6.45) is 0.196. The predicted molar refractivity (Wildman–Crippen MR) is 89.7 cm³/mol. The van der Waals surface area contributed by atoms with Gasteiger partial charge in [0.05, 0.1) is 14.7 Å². The highest BCUT2D eigenvalue weighted by Gasteiger charge is 2.15. The Bertz CT molecular complexity index is 544. The van der Waals surface area contributed by atoms with Gasteiger partial charge >= 0.3 is 0 Å². The van der Waals surface area contributed by atoms with Gasteiger partial charge in [0.1, 0.15) is 5.75 Å². The Hall–Kier alpha value is -0.320. The smallest absolute Gasteiger partial charge is 0.120 e. The first kappa shape index (κ1) is 15.1. The average molecular weight is 404 g/mol. The molecule has 2 aromatic rings. The molecule has 1 atom stereocenters. The van der Waals surface area contributed by atoms with Gasteiger partial charge in [-0.25, -0.2) is 0 Å². The Kier molecular flexibility index (Phi) is 5.09. The number of aryl methyl sites for hydroxylation is 1. The highest BCUT2D eigenvalue weighted by atomic mass is 79.9. The molecule has 1 nitrogen and oxygen atoms in total. The maximum Gasteiger partial charge on any atom is 0.120 e. The monoisotopic (exact) mass is 402 g/mol. The molecule has 0 saturated heterocycles. The number of thiophene rings is 1. The zero-order chi connectivity index (χ0) is 14.0. The zero-order valence-electron chi connectivity index (χ0n) is 11.1. The minimum atomic E-state index is 0.196. The molecule has 0 radical (unpaired) electrons. The van der Waals surface area contributed by atoms with Gasteiger partial charge in [-0.3, -0.25) is 0 Å². The Morgan fingerprint density at radius 2 is 1.95 bits per heavy atom. The molecular weight excluding hydrogens is 388 g/mol. The van der Waals surface area contributed by atoms with E-state index in [1.807, 2.05) is 26.0 Å². The molecule has 0 spiro atoms. The highest BCUT2D eigenvalue weighted by Crippen LogP contribution is 2.39. The molecule has 2 rings (SSSR count). The van der Waals surface area contributed by atoms with Gasteiger partial charge in [-0.1, -0.05) is 28.1 Å². The summed E-state index contributed by atoms with van der Waals surface area (Å²) in [5, 5.41) is 0. The molecule has 1 heterocycles. The summed E-state index contributed by atoms with van der Waals surface area (Å²) in [7, 11) is 0. The molecule has 0 aliphatic carbocycles. The summed E-state index contributed by atoms with van der Waals surface area (Å²) in [6.45, 7) is 6.19. The van der Waals surface area contributed by atoms with Crippen molar-refractivity contribution < 1.29 is 4.74 Å². The molecule has 0 aliphatic rings. The van der Waals surface area contributed by atoms with Crippen LogP contribution in [0.2, 0.25) is 0 Å². The summed E-state index contributed by atoms with van der Waals surface area (Å²) < 4.78 is 6.94. The molecule has 0 aliphatic heterocycles. The average Bonchev–Trinajstić information content (AvgIpc) is 2.68. The molecule has 1 unspecified atom stereocenters. The minimum absolute atomic E-state index is 0.196. The number of rotatable bonds is 4. The van der Waals surface area contributed by atoms with Crippen LogP contribution >= 0.6 is 43.2 Å². The highest BCUT2D eigenvalue weighted by molar-refractivity contribution is 9.11. The second-order valence-electron chi connectivity index (χ2n) is 4.71. The first-order valence-electron chi connectivity index (χ1n) is 6.14. The van der Waals surface area contributed by atoms with Crippen LogP contribution in [0.1, 0.15) is 34.7 Å². The summed E-state index contributed by atoms with van der Waals surface area (Å²) in [4.78, 5) is 1.50. The van der Waals surface area contributed by atoms with Gasteiger partial charge < -0.3 is 4.74 Å². The predicted octanol–water partition coefficient (Wildman–Crippen LogP) is 6.09. The number of hydrogen-bond acceptors (Lipinski definition) is 2. The molecule has 4 heteroatoms. The fourth-order valence-electron chi connectivity index (χ4n) is 1.79. The Balaban J connectivity index is 2.25. The molecular formula is C15H16Br2OS. The van der Waals surface area contributed by atoms with Gasteiger partial charge in [0.25, 0.3) is 0 Å². The van der Waals surface area contributed by atoms with Crippen LogP contribution in [0, 0.1) is 6.92 Å². The van der Waals surface area contributed by atoms with Gasteiger partial charge in [-0.15, -0.1) is 11.3 Å². The van der Waals surface area contributed by atoms with Gasteiger partial charge in [-0.2, -0.15) is 0 Å². The molecule has 0 N–H and O–H groups in total. The third-order valence-electron chi connectivity index (χ3n) is 2.65. The number of ether oxygens (including phenoxy) is 1. The van der Waals surface area contributed by atoms with Gasteiger partial charge in [0.2, 0.25) is 0 Å². The zero-order valence-corrected chi connectivity index (χ0v) is 15.1. The van der Waals surface area contributed by atoms with Crippen molar-refractivity contribution in [1.82, 2.24) is 0 Å². The van der Waals surface area contributed by atoms with Gasteiger partial charge in [0.15, 0.2) is 0 Å². The fraction of sp³-hybridized carbons (Fsp3) is 0.333. The van der Waals surface area contributed by atoms with Gasteiger partial charge in [0, 0.05) is 4.88 Å². The van der Waals surface area contributed by atoms with E-state index >= 15 is 0 Å². The van der Waals surface area contributed by atoms with Crippen LogP contribution in [-0.2, 0) is 0 Å². The van der Waals surface area contributed by atoms with Crippen LogP contribution in [0.5, 0.6) is 5.75 Å². The van der Waals surface area contributed by atoms with Crippen LogP contribution in [0.15, 0.2) is 34.1 Å². The van der Waals surface area contributed by atoms with Crippen molar-refractivity contribution >= 4 is 43.2 Å². The molecule has 1 aromatic carbocycles. The van der Waals surface area contributed by atoms with Crippen molar-refractivity contribution in [2.24, 2.45) is 0 Å². The molecule has 102 valence electrons. The van der Waals surface area contributed by atoms with E-state index in [2.05, 4.69) is 57.0 Å². The molecule has 0 amide bonds. The summed E-state index contributed by atoms with van der Waals surface area (Å²) in [5.41, 5.74) is 2.49. The molecule has 0 bridgehead atoms. The maximum atomic E-state index is 5.74. The van der Waals surface area contributed by atoms with Crippen LogP contribution < -0.4 is 4.74 Å². The van der Waals surface area contributed by atoms with Crippen molar-refractivity contribution in [3.63, 3.8) is 0 Å². The Labute approximate surface area is 135 Å². The third kappa shape index (κ3) is 3.83. The van der Waals surface area contributed by atoms with Crippen molar-refractivity contribution in [1.29, 1.82) is 0 Å². The fourth-order valence-corrected chi connectivity index (χ4v) is 4.07. The number of hydrogen-bond donors (Lipinski definition) is 0. The second-order valence-corrected chi connectivity index (χ2v) is 8.02. The van der Waals surface area contributed by atoms with E-state index in [0.29, 0.717) is 0 Å². The standard InChI is InChI=1S/C15H16Br2OS/c1-9(2)18-12-6-4-5-11(8-12)14(16)13-7-10(3)15(17)19-13/h4-9,14H,1-3H3. The van der Waals surface area contributed by atoms with Crippen molar-refractivity contribution in [3.8, 4) is 5.75 Å². The lowest BCUT2D eigenvalue weighted by Crippen LogP contribution is -2.05. The number of alkyl halides is 1. The Morgan fingerprint density at radius 1 is 1.21 bits per heavy atom. The van der Waals surface area contributed by atoms with Crippen molar-refractivity contribution in [2.45, 2.75) is 31.7 Å². The topological polar surface area (TPSA) is 9.23 Å². The second kappa shape index (κ2) is 6.42. The Morgan fingerprint density at radius 3 is 2.53 bits per heavy atom. The quantitative estimate of drug-likeness (QED) is 0.561. The van der Waals surface area contributed by atoms with Crippen LogP contribution in [0.3, 0.4) is 0 Å². The van der Waals surface area contributed by atoms with Crippen molar-refractivity contribution in [2.75, 3.05) is 0 Å². The van der Waals surface area contributed by atoms with E-state index in [1.54, 1.807) is 11.3 Å². The van der Waals surface area contributed by atoms with E-state index in [0.717, 1.165) is 5.75 Å². The number of halogens is 2. The lowest BCUT2D eigenvalue weighted by Gasteiger charge is -2.13. The van der Waals surface area contributed by atoms with E-state index in [4.69, 9.17) is 4.74 Å². The van der Waals surface area contributed by atoms with E-state index < -0.39 is 0 Å². The van der Waals surface area contributed by atoms with E-state index in [9.17, 15) is 0 Å². The lowest BCUT2D eigenvalue weighted by atomic mass is 10.1. The SMILES string of the molecule is Cc1cc(C(Br)c2cccc(OC(C)C)c2)sc1Br. The first-order chi connectivity index (χ1) is 8.97. The van der Waals surface area contributed by atoms with Crippen LogP contribution in [0.25, 0.3) is 0 Å². The largest absolute Gasteiger partial charge is 0.491 e. The van der Waals surface area contributed by atoms with Gasteiger partial charge in [-0.05, 0) is 66.0 Å². The molecule has 0 saturated carbocycles. The normalized spacial score (nSPS) is 12.7. The number of benzene rings is 1. The van der Waals surface area contributed by atoms with Crippen LogP contribution in [-0.4, -0.2) is 6.10 Å². The first-order valence-corrected chi connectivity index (χ1v) is 8.66. The van der Waals surface area contributed by atoms with Crippen molar-refractivity contribution in [3.05, 3.63) is 50.1 Å². The molecule has 0 fully saturated rings. The maximum absolute atomic E-state index is 5.74. The summed E-state index contributed by atoms with van der Waals surface area (Å²) in [6, 6.07) is 10.5.